The van der Waals surface area contributed by atoms with Crippen molar-refractivity contribution < 1.29 is 4.74 Å². The molecule has 1 aliphatic rings. The van der Waals surface area contributed by atoms with Crippen molar-refractivity contribution in [2.45, 2.75) is 45.1 Å². The van der Waals surface area contributed by atoms with Crippen molar-refractivity contribution in [3.8, 4) is 5.75 Å². The van der Waals surface area contributed by atoms with Crippen LogP contribution in [0, 0.1) is 0 Å². The van der Waals surface area contributed by atoms with Gasteiger partial charge in [0.2, 0.25) is 0 Å². The van der Waals surface area contributed by atoms with E-state index in [2.05, 4.69) is 60.2 Å². The zero-order valence-corrected chi connectivity index (χ0v) is 13.0. The molecule has 1 atom stereocenters. The van der Waals surface area contributed by atoms with Gasteiger partial charge < -0.3 is 10.1 Å². The Hall–Kier alpha value is -0.540. The first-order valence-electron chi connectivity index (χ1n) is 6.70. The third-order valence-corrected chi connectivity index (χ3v) is 4.53. The standard InChI is InChI=1S/C15H22BrNO/c1-4-15(2,3)11-5-6-14(13(16)9-11)18-12-7-8-17-10-12/h5-6,9,12,17H,4,7-8,10H2,1-3H3/t12-/m1/s1. The van der Waals surface area contributed by atoms with Crippen LogP contribution >= 0.6 is 15.9 Å². The lowest BCUT2D eigenvalue weighted by atomic mass is 9.82. The number of hydrogen-bond donors (Lipinski definition) is 1. The number of ether oxygens (including phenoxy) is 1. The van der Waals surface area contributed by atoms with Crippen LogP contribution in [0.4, 0.5) is 0 Å². The molecule has 2 nitrogen and oxygen atoms in total. The fourth-order valence-electron chi connectivity index (χ4n) is 2.13. The van der Waals surface area contributed by atoms with Crippen molar-refractivity contribution in [3.05, 3.63) is 28.2 Å². The maximum absolute atomic E-state index is 6.00. The van der Waals surface area contributed by atoms with Crippen molar-refractivity contribution in [1.29, 1.82) is 0 Å². The molecule has 1 N–H and O–H groups in total. The number of rotatable bonds is 4. The Morgan fingerprint density at radius 1 is 1.44 bits per heavy atom. The molecule has 100 valence electrons. The molecular weight excluding hydrogens is 290 g/mol. The third kappa shape index (κ3) is 3.07. The summed E-state index contributed by atoms with van der Waals surface area (Å²) in [7, 11) is 0. The highest BCUT2D eigenvalue weighted by atomic mass is 79.9. The molecule has 0 aliphatic carbocycles. The first-order chi connectivity index (χ1) is 8.53. The fourth-order valence-corrected chi connectivity index (χ4v) is 2.60. The van der Waals surface area contributed by atoms with Gasteiger partial charge in [0.25, 0.3) is 0 Å². The van der Waals surface area contributed by atoms with Crippen LogP contribution in [0.5, 0.6) is 5.75 Å². The van der Waals surface area contributed by atoms with Gasteiger partial charge in [0.1, 0.15) is 11.9 Å². The third-order valence-electron chi connectivity index (χ3n) is 3.91. The predicted octanol–water partition coefficient (Wildman–Crippen LogP) is 3.88. The average Bonchev–Trinajstić information content (AvgIpc) is 2.84. The molecule has 1 saturated heterocycles. The Kier molecular flexibility index (Phi) is 4.33. The summed E-state index contributed by atoms with van der Waals surface area (Å²) >= 11 is 3.63. The van der Waals surface area contributed by atoms with Gasteiger partial charge >= 0.3 is 0 Å². The molecule has 3 heteroatoms. The zero-order chi connectivity index (χ0) is 13.2. The smallest absolute Gasteiger partial charge is 0.133 e. The highest BCUT2D eigenvalue weighted by Crippen LogP contribution is 2.34. The average molecular weight is 312 g/mol. The SMILES string of the molecule is CCC(C)(C)c1ccc(O[C@@H]2CCNC2)c(Br)c1. The van der Waals surface area contributed by atoms with E-state index in [1.165, 1.54) is 5.56 Å². The number of halogens is 1. The lowest BCUT2D eigenvalue weighted by molar-refractivity contribution is 0.221. The van der Waals surface area contributed by atoms with Crippen molar-refractivity contribution in [3.63, 3.8) is 0 Å². The van der Waals surface area contributed by atoms with E-state index < -0.39 is 0 Å². The molecule has 0 aromatic heterocycles. The highest BCUT2D eigenvalue weighted by molar-refractivity contribution is 9.10. The van der Waals surface area contributed by atoms with Gasteiger partial charge in [0, 0.05) is 6.54 Å². The van der Waals surface area contributed by atoms with Crippen LogP contribution in [-0.2, 0) is 5.41 Å². The van der Waals surface area contributed by atoms with Gasteiger partial charge in [-0.3, -0.25) is 0 Å². The quantitative estimate of drug-likeness (QED) is 0.911. The fraction of sp³-hybridized carbons (Fsp3) is 0.600. The van der Waals surface area contributed by atoms with E-state index in [4.69, 9.17) is 4.74 Å². The van der Waals surface area contributed by atoms with Crippen molar-refractivity contribution in [2.24, 2.45) is 0 Å². The predicted molar refractivity (Wildman–Crippen MR) is 79.4 cm³/mol. The molecule has 1 aliphatic heterocycles. The first-order valence-corrected chi connectivity index (χ1v) is 7.49. The van der Waals surface area contributed by atoms with Crippen molar-refractivity contribution in [2.75, 3.05) is 13.1 Å². The Morgan fingerprint density at radius 2 is 2.22 bits per heavy atom. The highest BCUT2D eigenvalue weighted by Gasteiger charge is 2.21. The van der Waals surface area contributed by atoms with E-state index in [0.717, 1.165) is 36.2 Å². The Morgan fingerprint density at radius 3 is 2.78 bits per heavy atom. The minimum atomic E-state index is 0.218. The molecule has 18 heavy (non-hydrogen) atoms. The lowest BCUT2D eigenvalue weighted by Gasteiger charge is -2.24. The van der Waals surface area contributed by atoms with E-state index in [-0.39, 0.29) is 5.41 Å². The van der Waals surface area contributed by atoms with Gasteiger partial charge in [-0.15, -0.1) is 0 Å². The summed E-state index contributed by atoms with van der Waals surface area (Å²) in [4.78, 5) is 0. The summed E-state index contributed by atoms with van der Waals surface area (Å²) in [5.41, 5.74) is 1.57. The lowest BCUT2D eigenvalue weighted by Crippen LogP contribution is -2.20. The van der Waals surface area contributed by atoms with E-state index in [9.17, 15) is 0 Å². The molecule has 1 aromatic carbocycles. The molecule has 0 spiro atoms. The summed E-state index contributed by atoms with van der Waals surface area (Å²) in [6, 6.07) is 6.47. The van der Waals surface area contributed by atoms with E-state index in [1.807, 2.05) is 0 Å². The van der Waals surface area contributed by atoms with Crippen LogP contribution in [0.2, 0.25) is 0 Å². The Bertz CT molecular complexity index is 411. The summed E-state index contributed by atoms with van der Waals surface area (Å²) in [5.74, 6) is 0.958. The van der Waals surface area contributed by atoms with Gasteiger partial charge in [-0.1, -0.05) is 26.8 Å². The molecule has 1 heterocycles. The van der Waals surface area contributed by atoms with Crippen LogP contribution in [-0.4, -0.2) is 19.2 Å². The van der Waals surface area contributed by atoms with Crippen LogP contribution < -0.4 is 10.1 Å². The number of benzene rings is 1. The second-order valence-electron chi connectivity index (χ2n) is 5.62. The van der Waals surface area contributed by atoms with Gasteiger partial charge in [-0.2, -0.15) is 0 Å². The summed E-state index contributed by atoms with van der Waals surface area (Å²) in [6.45, 7) is 8.78. The second-order valence-corrected chi connectivity index (χ2v) is 6.47. The monoisotopic (exact) mass is 311 g/mol. The van der Waals surface area contributed by atoms with Crippen molar-refractivity contribution >= 4 is 15.9 Å². The topological polar surface area (TPSA) is 21.3 Å². The maximum Gasteiger partial charge on any atom is 0.133 e. The zero-order valence-electron chi connectivity index (χ0n) is 11.4. The van der Waals surface area contributed by atoms with Crippen LogP contribution in [0.15, 0.2) is 22.7 Å². The largest absolute Gasteiger partial charge is 0.488 e. The number of nitrogens with one attached hydrogen (secondary N) is 1. The number of hydrogen-bond acceptors (Lipinski definition) is 2. The first kappa shape index (κ1) is 13.9. The molecule has 0 bridgehead atoms. The van der Waals surface area contributed by atoms with Crippen LogP contribution in [0.25, 0.3) is 0 Å². The molecule has 1 aromatic rings. The molecule has 2 rings (SSSR count). The molecule has 1 fully saturated rings. The molecule has 0 radical (unpaired) electrons. The Labute approximate surface area is 118 Å². The van der Waals surface area contributed by atoms with E-state index in [0.29, 0.717) is 6.10 Å². The van der Waals surface area contributed by atoms with E-state index in [1.54, 1.807) is 0 Å². The van der Waals surface area contributed by atoms with Crippen molar-refractivity contribution in [1.82, 2.24) is 5.32 Å². The molecule has 0 saturated carbocycles. The Balaban J connectivity index is 2.14. The summed E-state index contributed by atoms with van der Waals surface area (Å²) in [5, 5.41) is 3.32. The normalized spacial score (nSPS) is 20.1. The van der Waals surface area contributed by atoms with Gasteiger partial charge in [0.05, 0.1) is 4.47 Å². The molecule has 0 unspecified atom stereocenters. The minimum Gasteiger partial charge on any atom is -0.488 e. The van der Waals surface area contributed by atoms with Crippen LogP contribution in [0.1, 0.15) is 39.2 Å². The second kappa shape index (κ2) is 5.62. The minimum absolute atomic E-state index is 0.218. The molecule has 0 amide bonds. The summed E-state index contributed by atoms with van der Waals surface area (Å²) < 4.78 is 7.06. The van der Waals surface area contributed by atoms with Gasteiger partial charge in [0.15, 0.2) is 0 Å². The van der Waals surface area contributed by atoms with Gasteiger partial charge in [-0.05, 0) is 58.4 Å². The van der Waals surface area contributed by atoms with E-state index >= 15 is 0 Å². The maximum atomic E-state index is 6.00. The summed E-state index contributed by atoms with van der Waals surface area (Å²) in [6.07, 6.45) is 2.53. The molecular formula is C15H22BrNO. The van der Waals surface area contributed by atoms with Crippen LogP contribution in [0.3, 0.4) is 0 Å². The van der Waals surface area contributed by atoms with Gasteiger partial charge in [-0.25, -0.2) is 0 Å².